The van der Waals surface area contributed by atoms with Crippen LogP contribution >= 0.6 is 0 Å². The molecule has 0 amide bonds. The standard InChI is InChI=1S/C19H16FN3O/c1-12-6-8-13(9-7-12)23-11-16(15(10-21)19(23)22)18(24)14-4-2-3-5-17(14)20/h2-9,16H,11,22H2,1H3. The summed E-state index contributed by atoms with van der Waals surface area (Å²) in [6.45, 7) is 2.20. The number of benzene rings is 2. The molecule has 1 aliphatic rings. The number of anilines is 1. The number of hydrogen-bond acceptors (Lipinski definition) is 4. The fourth-order valence-corrected chi connectivity index (χ4v) is 2.86. The van der Waals surface area contributed by atoms with Gasteiger partial charge in [0.1, 0.15) is 11.6 Å². The monoisotopic (exact) mass is 321 g/mol. The van der Waals surface area contributed by atoms with Crippen LogP contribution in [0.3, 0.4) is 0 Å². The van der Waals surface area contributed by atoms with E-state index in [1.165, 1.54) is 18.2 Å². The number of ketones is 1. The van der Waals surface area contributed by atoms with Gasteiger partial charge in [-0.2, -0.15) is 5.26 Å². The van der Waals surface area contributed by atoms with Crippen molar-refractivity contribution in [2.45, 2.75) is 6.92 Å². The summed E-state index contributed by atoms with van der Waals surface area (Å²) in [6.07, 6.45) is 0. The van der Waals surface area contributed by atoms with Crippen LogP contribution in [-0.4, -0.2) is 12.3 Å². The molecule has 0 spiro atoms. The molecule has 2 aromatic rings. The minimum Gasteiger partial charge on any atom is -0.384 e. The molecule has 120 valence electrons. The molecule has 3 rings (SSSR count). The van der Waals surface area contributed by atoms with E-state index in [-0.39, 0.29) is 23.5 Å². The Kier molecular flexibility index (Phi) is 4.05. The highest BCUT2D eigenvalue weighted by Crippen LogP contribution is 2.32. The number of nitrogens with zero attached hydrogens (tertiary/aromatic N) is 2. The molecule has 24 heavy (non-hydrogen) atoms. The summed E-state index contributed by atoms with van der Waals surface area (Å²) in [7, 11) is 0. The van der Waals surface area contributed by atoms with Gasteiger partial charge in [0.05, 0.1) is 23.1 Å². The molecule has 0 saturated carbocycles. The highest BCUT2D eigenvalue weighted by molar-refractivity contribution is 6.01. The molecule has 1 unspecified atom stereocenters. The van der Waals surface area contributed by atoms with Gasteiger partial charge < -0.3 is 10.6 Å². The minimum absolute atomic E-state index is 0.0196. The number of hydrogen-bond donors (Lipinski definition) is 1. The topological polar surface area (TPSA) is 70.1 Å². The van der Waals surface area contributed by atoms with Crippen molar-refractivity contribution in [2.75, 3.05) is 11.4 Å². The van der Waals surface area contributed by atoms with Gasteiger partial charge in [-0.15, -0.1) is 0 Å². The Labute approximate surface area is 139 Å². The van der Waals surface area contributed by atoms with Crippen molar-refractivity contribution in [3.05, 3.63) is 76.9 Å². The number of carbonyl (C=O) groups is 1. The highest BCUT2D eigenvalue weighted by Gasteiger charge is 2.37. The smallest absolute Gasteiger partial charge is 0.175 e. The molecule has 0 radical (unpaired) electrons. The summed E-state index contributed by atoms with van der Waals surface area (Å²) in [4.78, 5) is 14.4. The van der Waals surface area contributed by atoms with Crippen molar-refractivity contribution in [2.24, 2.45) is 11.7 Å². The lowest BCUT2D eigenvalue weighted by atomic mass is 9.92. The Bertz CT molecular complexity index is 865. The van der Waals surface area contributed by atoms with Gasteiger partial charge in [0, 0.05) is 12.2 Å². The van der Waals surface area contributed by atoms with Crippen LogP contribution in [0.1, 0.15) is 15.9 Å². The van der Waals surface area contributed by atoms with Crippen LogP contribution in [0.5, 0.6) is 0 Å². The molecule has 1 aliphatic heterocycles. The van der Waals surface area contributed by atoms with E-state index in [9.17, 15) is 14.4 Å². The predicted octanol–water partition coefficient (Wildman–Crippen LogP) is 3.15. The summed E-state index contributed by atoms with van der Waals surface area (Å²) in [5, 5.41) is 9.42. The maximum absolute atomic E-state index is 13.9. The van der Waals surface area contributed by atoms with Crippen LogP contribution in [0, 0.1) is 30.0 Å². The molecule has 0 fully saturated rings. The first-order valence-corrected chi connectivity index (χ1v) is 7.55. The minimum atomic E-state index is -0.770. The zero-order valence-electron chi connectivity index (χ0n) is 13.2. The lowest BCUT2D eigenvalue weighted by Gasteiger charge is -2.20. The molecule has 2 N–H and O–H groups in total. The second-order valence-electron chi connectivity index (χ2n) is 5.75. The van der Waals surface area contributed by atoms with Gasteiger partial charge in [-0.1, -0.05) is 29.8 Å². The van der Waals surface area contributed by atoms with Gasteiger partial charge in [-0.25, -0.2) is 4.39 Å². The third kappa shape index (κ3) is 2.63. The summed E-state index contributed by atoms with van der Waals surface area (Å²) < 4.78 is 13.9. The molecular weight excluding hydrogens is 305 g/mol. The molecule has 0 aliphatic carbocycles. The van der Waals surface area contributed by atoms with Crippen molar-refractivity contribution in [1.82, 2.24) is 0 Å². The van der Waals surface area contributed by atoms with E-state index in [2.05, 4.69) is 0 Å². The highest BCUT2D eigenvalue weighted by atomic mass is 19.1. The number of carbonyl (C=O) groups excluding carboxylic acids is 1. The Balaban J connectivity index is 1.97. The zero-order chi connectivity index (χ0) is 17.3. The molecule has 1 atom stereocenters. The van der Waals surface area contributed by atoms with Gasteiger partial charge >= 0.3 is 0 Å². The van der Waals surface area contributed by atoms with E-state index in [4.69, 9.17) is 5.73 Å². The molecule has 0 saturated heterocycles. The first-order chi connectivity index (χ1) is 11.5. The number of halogens is 1. The first-order valence-electron chi connectivity index (χ1n) is 7.55. The molecule has 4 nitrogen and oxygen atoms in total. The molecule has 0 bridgehead atoms. The lowest BCUT2D eigenvalue weighted by Crippen LogP contribution is -2.27. The predicted molar refractivity (Wildman–Crippen MR) is 89.6 cm³/mol. The lowest BCUT2D eigenvalue weighted by molar-refractivity contribution is 0.0944. The van der Waals surface area contributed by atoms with E-state index in [1.54, 1.807) is 11.0 Å². The number of rotatable bonds is 3. The van der Waals surface area contributed by atoms with Gasteiger partial charge in [0.2, 0.25) is 0 Å². The van der Waals surface area contributed by atoms with E-state index < -0.39 is 17.5 Å². The number of Topliss-reactive ketones (excluding diaryl/α,β-unsaturated/α-hetero) is 1. The van der Waals surface area contributed by atoms with Crippen LogP contribution in [0.15, 0.2) is 59.9 Å². The SMILES string of the molecule is Cc1ccc(N2CC(C(=O)c3ccccc3F)C(C#N)=C2N)cc1. The summed E-state index contributed by atoms with van der Waals surface area (Å²) >= 11 is 0. The zero-order valence-corrected chi connectivity index (χ0v) is 13.2. The van der Waals surface area contributed by atoms with Crippen molar-refractivity contribution >= 4 is 11.5 Å². The first kappa shape index (κ1) is 15.8. The van der Waals surface area contributed by atoms with Gasteiger partial charge in [-0.3, -0.25) is 4.79 Å². The summed E-state index contributed by atoms with van der Waals surface area (Å²) in [5.41, 5.74) is 8.15. The van der Waals surface area contributed by atoms with Crippen molar-refractivity contribution < 1.29 is 9.18 Å². The molecule has 2 aromatic carbocycles. The molecule has 1 heterocycles. The van der Waals surface area contributed by atoms with Crippen molar-refractivity contribution in [3.63, 3.8) is 0 Å². The maximum atomic E-state index is 13.9. The van der Waals surface area contributed by atoms with E-state index in [0.29, 0.717) is 0 Å². The number of nitriles is 1. The Morgan fingerprint density at radius 2 is 1.92 bits per heavy atom. The van der Waals surface area contributed by atoms with E-state index >= 15 is 0 Å². The quantitative estimate of drug-likeness (QED) is 0.882. The summed E-state index contributed by atoms with van der Waals surface area (Å²) in [6, 6.07) is 15.4. The Morgan fingerprint density at radius 1 is 1.25 bits per heavy atom. The third-order valence-electron chi connectivity index (χ3n) is 4.20. The van der Waals surface area contributed by atoms with Gasteiger partial charge in [0.15, 0.2) is 5.78 Å². The van der Waals surface area contributed by atoms with Crippen LogP contribution in [0.25, 0.3) is 0 Å². The van der Waals surface area contributed by atoms with Crippen LogP contribution in [-0.2, 0) is 0 Å². The van der Waals surface area contributed by atoms with E-state index in [0.717, 1.165) is 11.3 Å². The maximum Gasteiger partial charge on any atom is 0.175 e. The second kappa shape index (κ2) is 6.17. The number of nitrogens with two attached hydrogens (primary N) is 1. The Morgan fingerprint density at radius 3 is 2.54 bits per heavy atom. The average Bonchev–Trinajstić information content (AvgIpc) is 2.92. The average molecular weight is 321 g/mol. The number of aryl methyl sites for hydroxylation is 1. The third-order valence-corrected chi connectivity index (χ3v) is 4.20. The Hall–Kier alpha value is -3.13. The second-order valence-corrected chi connectivity index (χ2v) is 5.75. The van der Waals surface area contributed by atoms with Crippen LogP contribution < -0.4 is 10.6 Å². The fourth-order valence-electron chi connectivity index (χ4n) is 2.86. The molecule has 0 aromatic heterocycles. The normalized spacial score (nSPS) is 17.0. The largest absolute Gasteiger partial charge is 0.384 e. The van der Waals surface area contributed by atoms with E-state index in [1.807, 2.05) is 37.3 Å². The summed E-state index contributed by atoms with van der Waals surface area (Å²) in [5.74, 6) is -1.54. The fraction of sp³-hybridized carbons (Fsp3) is 0.158. The van der Waals surface area contributed by atoms with Gasteiger partial charge in [-0.05, 0) is 31.2 Å². The van der Waals surface area contributed by atoms with Gasteiger partial charge in [0.25, 0.3) is 0 Å². The molecular formula is C19H16FN3O. The van der Waals surface area contributed by atoms with Crippen LogP contribution in [0.2, 0.25) is 0 Å². The van der Waals surface area contributed by atoms with Crippen LogP contribution in [0.4, 0.5) is 10.1 Å². The van der Waals surface area contributed by atoms with Crippen molar-refractivity contribution in [3.8, 4) is 6.07 Å². The van der Waals surface area contributed by atoms with Crippen molar-refractivity contribution in [1.29, 1.82) is 5.26 Å². The molecule has 5 heteroatoms.